The van der Waals surface area contributed by atoms with E-state index in [0.717, 1.165) is 44.6 Å². The molecule has 6 rings (SSSR count). The van der Waals surface area contributed by atoms with Crippen LogP contribution in [0.1, 0.15) is 64.1 Å². The second kappa shape index (κ2) is 11.3. The number of rotatable bonds is 7. The number of hydrogen-bond donors (Lipinski definition) is 2. The maximum Gasteiger partial charge on any atom is 0.256 e. The molecule has 0 radical (unpaired) electrons. The number of benzene rings is 2. The maximum absolute atomic E-state index is 14.2. The summed E-state index contributed by atoms with van der Waals surface area (Å²) in [5.74, 6) is -3.19. The van der Waals surface area contributed by atoms with Crippen molar-refractivity contribution in [2.24, 2.45) is 0 Å². The molecule has 8 nitrogen and oxygen atoms in total. The van der Waals surface area contributed by atoms with Crippen LogP contribution in [0.5, 0.6) is 0 Å². The highest BCUT2D eigenvalue weighted by Gasteiger charge is 2.34. The first-order chi connectivity index (χ1) is 20.5. The van der Waals surface area contributed by atoms with Crippen LogP contribution in [0, 0.1) is 25.5 Å². The van der Waals surface area contributed by atoms with Gasteiger partial charge in [0.15, 0.2) is 9.84 Å². The predicted molar refractivity (Wildman–Crippen MR) is 160 cm³/mol. The molecule has 0 saturated carbocycles. The Morgan fingerprint density at radius 2 is 1.77 bits per heavy atom. The highest BCUT2D eigenvalue weighted by molar-refractivity contribution is 7.90. The molecule has 1 aromatic heterocycles. The Morgan fingerprint density at radius 1 is 1.05 bits per heavy atom. The second-order valence-corrected chi connectivity index (χ2v) is 13.6. The third-order valence-corrected chi connectivity index (χ3v) is 10.5. The molecule has 2 N–H and O–H groups in total. The first-order valence-electron chi connectivity index (χ1n) is 14.6. The number of amides is 2. The largest absolute Gasteiger partial charge is 0.358 e. The summed E-state index contributed by atoms with van der Waals surface area (Å²) in [5, 5.41) is 2.75. The van der Waals surface area contributed by atoms with Crippen LogP contribution < -0.4 is 5.32 Å². The van der Waals surface area contributed by atoms with Crippen molar-refractivity contribution in [2.45, 2.75) is 56.2 Å². The van der Waals surface area contributed by atoms with Crippen LogP contribution >= 0.6 is 0 Å². The molecule has 2 saturated heterocycles. The van der Waals surface area contributed by atoms with E-state index in [1.54, 1.807) is 6.08 Å². The van der Waals surface area contributed by atoms with Crippen LogP contribution in [-0.2, 0) is 20.4 Å². The number of sulfone groups is 1. The maximum atomic E-state index is 14.2. The molecule has 2 fully saturated rings. The van der Waals surface area contributed by atoms with E-state index >= 15 is 0 Å². The Kier molecular flexibility index (Phi) is 7.72. The molecule has 43 heavy (non-hydrogen) atoms. The van der Waals surface area contributed by atoms with Gasteiger partial charge >= 0.3 is 0 Å². The average Bonchev–Trinajstić information content (AvgIpc) is 3.75. The zero-order chi connectivity index (χ0) is 30.5. The second-order valence-electron chi connectivity index (χ2n) is 11.6. The molecule has 2 aromatic carbocycles. The van der Waals surface area contributed by atoms with Crippen molar-refractivity contribution >= 4 is 39.0 Å². The van der Waals surface area contributed by atoms with Gasteiger partial charge in [0.05, 0.1) is 21.8 Å². The molecule has 1 atom stereocenters. The van der Waals surface area contributed by atoms with Crippen molar-refractivity contribution in [3.63, 3.8) is 0 Å². The van der Waals surface area contributed by atoms with Gasteiger partial charge < -0.3 is 20.1 Å². The van der Waals surface area contributed by atoms with Crippen LogP contribution in [0.25, 0.3) is 11.6 Å². The number of carbonyl (C=O) groups excluding carboxylic acids is 2. The van der Waals surface area contributed by atoms with E-state index in [0.29, 0.717) is 40.3 Å². The average molecular weight is 609 g/mol. The molecule has 0 aliphatic carbocycles. The molecule has 3 aliphatic heterocycles. The molecule has 11 heteroatoms. The lowest BCUT2D eigenvalue weighted by molar-refractivity contribution is -0.110. The summed E-state index contributed by atoms with van der Waals surface area (Å²) in [6.07, 6.45) is 5.97. The van der Waals surface area contributed by atoms with Gasteiger partial charge in [0.1, 0.15) is 11.6 Å². The van der Waals surface area contributed by atoms with E-state index in [4.69, 9.17) is 0 Å². The molecule has 0 spiro atoms. The smallest absolute Gasteiger partial charge is 0.256 e. The number of fused-ring (bicyclic) bond motifs is 1. The monoisotopic (exact) mass is 608 g/mol. The van der Waals surface area contributed by atoms with Gasteiger partial charge in [-0.15, -0.1) is 0 Å². The molecular formula is C32H34F2N4O4S. The van der Waals surface area contributed by atoms with E-state index < -0.39 is 38.7 Å². The molecule has 0 bridgehead atoms. The summed E-state index contributed by atoms with van der Waals surface area (Å²) >= 11 is 0. The normalized spacial score (nSPS) is 19.8. The number of nitrogens with zero attached hydrogens (tertiary/aromatic N) is 2. The van der Waals surface area contributed by atoms with Crippen LogP contribution in [0.4, 0.5) is 14.5 Å². The number of carbonyl (C=O) groups is 2. The van der Waals surface area contributed by atoms with Crippen LogP contribution in [-0.4, -0.2) is 67.2 Å². The lowest BCUT2D eigenvalue weighted by Gasteiger charge is -2.28. The van der Waals surface area contributed by atoms with Gasteiger partial charge in [-0.3, -0.25) is 9.59 Å². The van der Waals surface area contributed by atoms with Crippen LogP contribution in [0.15, 0.2) is 41.3 Å². The Morgan fingerprint density at radius 3 is 2.49 bits per heavy atom. The number of nitrogens with one attached hydrogen (secondary N) is 2. The van der Waals surface area contributed by atoms with E-state index in [1.165, 1.54) is 37.1 Å². The van der Waals surface area contributed by atoms with E-state index in [9.17, 15) is 26.8 Å². The first-order valence-corrected chi connectivity index (χ1v) is 16.2. The van der Waals surface area contributed by atoms with Crippen molar-refractivity contribution in [3.8, 4) is 0 Å². The van der Waals surface area contributed by atoms with Gasteiger partial charge in [-0.05, 0) is 94.6 Å². The standard InChI is InChI=1S/C32H34F2N4O4S/c1-19-29(35-20(2)30(19)32(40)38-14-6-7-21(38)17-37-12-3-4-13-37)16-24-23-15-22(10-11-28(23)36-31(24)39)43(41,42)18-25-26(33)8-5-9-27(25)34/h5,8-11,15-16,21,35H,3-4,6-7,12-14,17-18H2,1-2H3,(H,36,39)/t21-/m1/s1. The minimum absolute atomic E-state index is 0.0253. The molecular weight excluding hydrogens is 574 g/mol. The number of hydrogen-bond acceptors (Lipinski definition) is 5. The molecule has 0 unspecified atom stereocenters. The van der Waals surface area contributed by atoms with E-state index in [1.807, 2.05) is 18.7 Å². The van der Waals surface area contributed by atoms with Crippen molar-refractivity contribution < 1.29 is 26.8 Å². The summed E-state index contributed by atoms with van der Waals surface area (Å²) in [5.41, 5.74) is 3.03. The highest BCUT2D eigenvalue weighted by Crippen LogP contribution is 2.37. The fourth-order valence-corrected chi connectivity index (χ4v) is 7.93. The third-order valence-electron chi connectivity index (χ3n) is 8.81. The lowest BCUT2D eigenvalue weighted by Crippen LogP contribution is -2.42. The number of likely N-dealkylation sites (tertiary alicyclic amines) is 2. The van der Waals surface area contributed by atoms with Gasteiger partial charge in [-0.2, -0.15) is 0 Å². The summed E-state index contributed by atoms with van der Waals surface area (Å²) < 4.78 is 54.8. The lowest BCUT2D eigenvalue weighted by atomic mass is 10.0. The minimum atomic E-state index is -4.15. The molecule has 3 aromatic rings. The number of halogens is 2. The van der Waals surface area contributed by atoms with Gasteiger partial charge in [-0.25, -0.2) is 17.2 Å². The van der Waals surface area contributed by atoms with Crippen molar-refractivity contribution in [1.82, 2.24) is 14.8 Å². The van der Waals surface area contributed by atoms with Crippen molar-refractivity contribution in [3.05, 3.63) is 81.7 Å². The predicted octanol–water partition coefficient (Wildman–Crippen LogP) is 5.08. The summed E-state index contributed by atoms with van der Waals surface area (Å²) in [6.45, 7) is 7.42. The van der Waals surface area contributed by atoms with E-state index in [2.05, 4.69) is 15.2 Å². The number of anilines is 1. The summed E-state index contributed by atoms with van der Waals surface area (Å²) in [7, 11) is -4.15. The zero-order valence-electron chi connectivity index (χ0n) is 24.2. The quantitative estimate of drug-likeness (QED) is 0.365. The summed E-state index contributed by atoms with van der Waals surface area (Å²) in [6, 6.07) is 7.49. The summed E-state index contributed by atoms with van der Waals surface area (Å²) in [4.78, 5) is 34.3. The zero-order valence-corrected chi connectivity index (χ0v) is 25.0. The minimum Gasteiger partial charge on any atom is -0.358 e. The van der Waals surface area contributed by atoms with Crippen LogP contribution in [0.3, 0.4) is 0 Å². The van der Waals surface area contributed by atoms with E-state index in [-0.39, 0.29) is 22.4 Å². The molecule has 3 aliphatic rings. The fourth-order valence-electron chi connectivity index (χ4n) is 6.53. The van der Waals surface area contributed by atoms with Gasteiger partial charge in [0, 0.05) is 47.3 Å². The molecule has 4 heterocycles. The van der Waals surface area contributed by atoms with Gasteiger partial charge in [-0.1, -0.05) is 6.07 Å². The number of aryl methyl sites for hydroxylation is 1. The number of H-pyrrole nitrogens is 1. The van der Waals surface area contributed by atoms with Crippen LogP contribution in [0.2, 0.25) is 0 Å². The molecule has 2 amide bonds. The SMILES string of the molecule is Cc1[nH]c(C=C2C(=O)Nc3ccc(S(=O)(=O)Cc4c(F)cccc4F)cc32)c(C)c1C(=O)N1CCC[C@@H]1CN1CCCC1. The Hall–Kier alpha value is -3.83. The fraction of sp³-hybridized carbons (Fsp3) is 0.375. The Bertz CT molecular complexity index is 1740. The van der Waals surface area contributed by atoms with Gasteiger partial charge in [0.25, 0.3) is 11.8 Å². The Labute approximate surface area is 249 Å². The highest BCUT2D eigenvalue weighted by atomic mass is 32.2. The van der Waals surface area contributed by atoms with Crippen molar-refractivity contribution in [2.75, 3.05) is 31.5 Å². The third kappa shape index (κ3) is 5.51. The van der Waals surface area contributed by atoms with Gasteiger partial charge in [0.2, 0.25) is 0 Å². The number of aromatic amines is 1. The van der Waals surface area contributed by atoms with Crippen molar-refractivity contribution in [1.29, 1.82) is 0 Å². The number of aromatic nitrogens is 1. The molecule has 226 valence electrons. The first kappa shape index (κ1) is 29.3. The Balaban J connectivity index is 1.29. The topological polar surface area (TPSA) is 103 Å².